The molecule has 0 spiro atoms. The minimum absolute atomic E-state index is 0.0782. The van der Waals surface area contributed by atoms with Crippen LogP contribution in [0.2, 0.25) is 5.02 Å². The highest BCUT2D eigenvalue weighted by Crippen LogP contribution is 2.43. The summed E-state index contributed by atoms with van der Waals surface area (Å²) in [7, 11) is -3.11. The van der Waals surface area contributed by atoms with Crippen LogP contribution >= 0.6 is 23.4 Å². The van der Waals surface area contributed by atoms with Crippen molar-refractivity contribution in [2.75, 3.05) is 16.4 Å². The van der Waals surface area contributed by atoms with Crippen LogP contribution in [0.1, 0.15) is 30.9 Å². The molecule has 1 amide bonds. The zero-order chi connectivity index (χ0) is 21.5. The van der Waals surface area contributed by atoms with Gasteiger partial charge in [-0.15, -0.1) is 0 Å². The van der Waals surface area contributed by atoms with E-state index in [-0.39, 0.29) is 41.0 Å². The fourth-order valence-corrected chi connectivity index (χ4v) is 8.12. The monoisotopic (exact) mass is 462 g/mol. The Morgan fingerprint density at radius 2 is 1.87 bits per heavy atom. The Kier molecular flexibility index (Phi) is 5.97. The molecule has 2 aliphatic heterocycles. The average Bonchev–Trinajstić information content (AvgIpc) is 3.14. The number of halogens is 1. The van der Waals surface area contributed by atoms with Gasteiger partial charge in [-0.1, -0.05) is 73.6 Å². The molecule has 2 atom stereocenters. The predicted octanol–water partition coefficient (Wildman–Crippen LogP) is 4.31. The Morgan fingerprint density at radius 3 is 2.60 bits per heavy atom. The summed E-state index contributed by atoms with van der Waals surface area (Å²) in [6.45, 7) is 4.20. The van der Waals surface area contributed by atoms with Crippen molar-refractivity contribution < 1.29 is 13.2 Å². The van der Waals surface area contributed by atoms with Crippen molar-refractivity contribution in [3.63, 3.8) is 0 Å². The highest BCUT2D eigenvalue weighted by Gasteiger charge is 2.49. The molecular formula is C22H23ClN2O3S2. The number of para-hydroxylation sites is 1. The average molecular weight is 463 g/mol. The lowest BCUT2D eigenvalue weighted by Gasteiger charge is -2.28. The summed E-state index contributed by atoms with van der Waals surface area (Å²) in [4.78, 5) is 19.1. The van der Waals surface area contributed by atoms with Crippen LogP contribution in [0.5, 0.6) is 0 Å². The van der Waals surface area contributed by atoms with Gasteiger partial charge < -0.3 is 4.90 Å². The molecule has 2 saturated heterocycles. The van der Waals surface area contributed by atoms with E-state index in [0.717, 1.165) is 16.8 Å². The van der Waals surface area contributed by atoms with Crippen LogP contribution < -0.4 is 4.90 Å². The van der Waals surface area contributed by atoms with Gasteiger partial charge in [0.15, 0.2) is 15.0 Å². The van der Waals surface area contributed by atoms with Gasteiger partial charge in [0.2, 0.25) is 0 Å². The second-order valence-electron chi connectivity index (χ2n) is 7.94. The topological polar surface area (TPSA) is 66.8 Å². The Bertz CT molecular complexity index is 1110. The normalized spacial score (nSPS) is 23.9. The Balaban J connectivity index is 1.71. The molecule has 2 aromatic rings. The SMILES string of the molecule is CC(C)c1ccccc1N1C(=NC(=O)Cc2ccccc2Cl)S[C@@H]2CS(=O)(=O)C[C@@H]21. The van der Waals surface area contributed by atoms with Crippen LogP contribution in [-0.2, 0) is 21.1 Å². The van der Waals surface area contributed by atoms with E-state index >= 15 is 0 Å². The van der Waals surface area contributed by atoms with Gasteiger partial charge in [-0.3, -0.25) is 4.79 Å². The second kappa shape index (κ2) is 8.36. The van der Waals surface area contributed by atoms with E-state index in [1.807, 2.05) is 47.4 Å². The third-order valence-electron chi connectivity index (χ3n) is 5.40. The maximum absolute atomic E-state index is 12.8. The van der Waals surface area contributed by atoms with Crippen LogP contribution in [0.3, 0.4) is 0 Å². The molecule has 0 radical (unpaired) electrons. The maximum Gasteiger partial charge on any atom is 0.252 e. The molecule has 2 heterocycles. The largest absolute Gasteiger partial charge is 0.315 e. The number of benzene rings is 2. The number of rotatable bonds is 4. The summed E-state index contributed by atoms with van der Waals surface area (Å²) in [5.41, 5.74) is 2.76. The van der Waals surface area contributed by atoms with Crippen LogP contribution in [0, 0.1) is 0 Å². The van der Waals surface area contributed by atoms with E-state index in [9.17, 15) is 13.2 Å². The van der Waals surface area contributed by atoms with Gasteiger partial charge >= 0.3 is 0 Å². The summed E-state index contributed by atoms with van der Waals surface area (Å²) in [5, 5.41) is 0.988. The van der Waals surface area contributed by atoms with Gasteiger partial charge in [0, 0.05) is 16.0 Å². The summed E-state index contributed by atoms with van der Waals surface area (Å²) < 4.78 is 24.6. The minimum atomic E-state index is -3.11. The number of thioether (sulfide) groups is 1. The maximum atomic E-state index is 12.8. The first-order chi connectivity index (χ1) is 14.2. The fourth-order valence-electron chi connectivity index (χ4n) is 3.99. The van der Waals surface area contributed by atoms with Gasteiger partial charge in [0.05, 0.1) is 24.0 Å². The second-order valence-corrected chi connectivity index (χ2v) is 11.7. The van der Waals surface area contributed by atoms with Crippen LogP contribution in [0.15, 0.2) is 53.5 Å². The van der Waals surface area contributed by atoms with Crippen LogP contribution in [0.4, 0.5) is 5.69 Å². The molecule has 0 unspecified atom stereocenters. The molecule has 2 aliphatic rings. The Morgan fingerprint density at radius 1 is 1.17 bits per heavy atom. The number of anilines is 1. The molecule has 0 N–H and O–H groups in total. The van der Waals surface area contributed by atoms with Crippen molar-refractivity contribution in [2.45, 2.75) is 37.5 Å². The van der Waals surface area contributed by atoms with E-state index in [1.165, 1.54) is 11.8 Å². The van der Waals surface area contributed by atoms with Gasteiger partial charge in [-0.2, -0.15) is 4.99 Å². The standard InChI is InChI=1S/C22H23ClN2O3S2/c1-14(2)16-8-4-6-10-18(16)25-19-12-30(27,28)13-20(19)29-22(25)24-21(26)11-15-7-3-5-9-17(15)23/h3-10,14,19-20H,11-13H2,1-2H3/t19-,20+/m0/s1. The van der Waals surface area contributed by atoms with Crippen LogP contribution in [-0.4, -0.2) is 42.3 Å². The lowest BCUT2D eigenvalue weighted by molar-refractivity contribution is -0.117. The number of hydrogen-bond acceptors (Lipinski definition) is 4. The molecule has 158 valence electrons. The molecule has 0 aliphatic carbocycles. The molecule has 0 bridgehead atoms. The van der Waals surface area contributed by atoms with E-state index in [0.29, 0.717) is 10.2 Å². The molecule has 0 saturated carbocycles. The number of fused-ring (bicyclic) bond motifs is 1. The summed E-state index contributed by atoms with van der Waals surface area (Å²) in [6.07, 6.45) is 0.108. The lowest BCUT2D eigenvalue weighted by atomic mass is 9.99. The molecular weight excluding hydrogens is 440 g/mol. The third-order valence-corrected chi connectivity index (χ3v) is 8.98. The van der Waals surface area contributed by atoms with Crippen molar-refractivity contribution in [1.82, 2.24) is 0 Å². The van der Waals surface area contributed by atoms with Crippen molar-refractivity contribution in [3.05, 3.63) is 64.7 Å². The van der Waals surface area contributed by atoms with Gasteiger partial charge in [-0.25, -0.2) is 8.42 Å². The zero-order valence-corrected chi connectivity index (χ0v) is 19.2. The van der Waals surface area contributed by atoms with E-state index in [1.54, 1.807) is 6.07 Å². The zero-order valence-electron chi connectivity index (χ0n) is 16.8. The predicted molar refractivity (Wildman–Crippen MR) is 124 cm³/mol. The summed E-state index contributed by atoms with van der Waals surface area (Å²) >= 11 is 7.58. The molecule has 4 rings (SSSR count). The van der Waals surface area contributed by atoms with E-state index in [4.69, 9.17) is 11.6 Å². The highest BCUT2D eigenvalue weighted by molar-refractivity contribution is 8.16. The number of carbonyl (C=O) groups excluding carboxylic acids is 1. The number of aliphatic imine (C=N–C) groups is 1. The number of hydrogen-bond donors (Lipinski definition) is 0. The number of carbonyl (C=O) groups is 1. The minimum Gasteiger partial charge on any atom is -0.315 e. The smallest absolute Gasteiger partial charge is 0.252 e. The van der Waals surface area contributed by atoms with Crippen molar-refractivity contribution in [1.29, 1.82) is 0 Å². The lowest BCUT2D eigenvalue weighted by Crippen LogP contribution is -2.38. The van der Waals surface area contributed by atoms with Gasteiger partial charge in [-0.05, 0) is 29.2 Å². The van der Waals surface area contributed by atoms with Gasteiger partial charge in [0.1, 0.15) is 0 Å². The number of nitrogens with zero attached hydrogens (tertiary/aromatic N) is 2. The van der Waals surface area contributed by atoms with E-state index < -0.39 is 9.84 Å². The molecule has 5 nitrogen and oxygen atoms in total. The number of amidine groups is 1. The van der Waals surface area contributed by atoms with Gasteiger partial charge in [0.25, 0.3) is 5.91 Å². The summed E-state index contributed by atoms with van der Waals surface area (Å²) in [6, 6.07) is 15.0. The van der Waals surface area contributed by atoms with Crippen molar-refractivity contribution in [3.8, 4) is 0 Å². The van der Waals surface area contributed by atoms with Crippen molar-refractivity contribution >= 4 is 50.0 Å². The first-order valence-electron chi connectivity index (χ1n) is 9.85. The molecule has 8 heteroatoms. The molecule has 0 aromatic heterocycles. The Labute approximate surface area is 186 Å². The first kappa shape index (κ1) is 21.4. The Hall–Kier alpha value is -1.83. The summed E-state index contributed by atoms with van der Waals surface area (Å²) in [5.74, 6) is 0.152. The van der Waals surface area contributed by atoms with Crippen LogP contribution in [0.25, 0.3) is 0 Å². The fraction of sp³-hybridized carbons (Fsp3) is 0.364. The first-order valence-corrected chi connectivity index (χ1v) is 12.9. The number of amides is 1. The van der Waals surface area contributed by atoms with E-state index in [2.05, 4.69) is 18.8 Å². The number of sulfone groups is 1. The highest BCUT2D eigenvalue weighted by atomic mass is 35.5. The third kappa shape index (κ3) is 4.29. The quantitative estimate of drug-likeness (QED) is 0.677. The molecule has 2 fully saturated rings. The van der Waals surface area contributed by atoms with Crippen molar-refractivity contribution in [2.24, 2.45) is 4.99 Å². The molecule has 2 aromatic carbocycles. The molecule has 30 heavy (non-hydrogen) atoms.